The summed E-state index contributed by atoms with van der Waals surface area (Å²) in [5.74, 6) is 0. The van der Waals surface area contributed by atoms with E-state index in [0.29, 0.717) is 5.54 Å². The molecule has 0 saturated carbocycles. The van der Waals surface area contributed by atoms with E-state index in [1.165, 1.54) is 22.0 Å². The van der Waals surface area contributed by atoms with Gasteiger partial charge in [-0.05, 0) is 27.5 Å². The summed E-state index contributed by atoms with van der Waals surface area (Å²) < 4.78 is 0. The van der Waals surface area contributed by atoms with E-state index in [9.17, 15) is 0 Å². The molecule has 112 valence electrons. The molecule has 0 N–H and O–H groups in total. The van der Waals surface area contributed by atoms with Crippen molar-refractivity contribution in [2.45, 2.75) is 12.0 Å². The third-order valence-electron chi connectivity index (χ3n) is 5.00. The average molecular weight is 312 g/mol. The molecule has 4 rings (SSSR count). The second kappa shape index (κ2) is 6.02. The molecule has 0 heterocycles. The number of hydrogen-bond donors (Lipinski definition) is 0. The van der Waals surface area contributed by atoms with Crippen LogP contribution in [0.1, 0.15) is 6.42 Å². The van der Waals surface area contributed by atoms with Crippen LogP contribution in [0.5, 0.6) is 0 Å². The molecule has 0 spiro atoms. The normalized spacial score (nSPS) is 16.8. The molecule has 0 bridgehead atoms. The Morgan fingerprint density at radius 2 is 0.913 bits per heavy atom. The molecule has 3 aromatic carbocycles. The molecule has 23 heavy (non-hydrogen) atoms. The van der Waals surface area contributed by atoms with Crippen LogP contribution in [-0.4, -0.2) is 8.07 Å². The van der Waals surface area contributed by atoms with Crippen molar-refractivity contribution in [3.05, 3.63) is 103 Å². The van der Waals surface area contributed by atoms with Gasteiger partial charge in [-0.2, -0.15) is 0 Å². The lowest BCUT2D eigenvalue weighted by Gasteiger charge is -2.42. The van der Waals surface area contributed by atoms with Gasteiger partial charge in [-0.25, -0.2) is 0 Å². The third-order valence-corrected chi connectivity index (χ3v) is 10.3. The SMILES string of the molecule is C1=CC([Si](c2ccccc2)(c2ccccc2)c2ccccc2)C1. The highest BCUT2D eigenvalue weighted by Gasteiger charge is 2.46. The maximum absolute atomic E-state index is 2.43. The summed E-state index contributed by atoms with van der Waals surface area (Å²) in [5.41, 5.74) is 0.634. The molecule has 3 aromatic rings. The minimum absolute atomic E-state index is 0.634. The maximum Gasteiger partial charge on any atom is 0.155 e. The van der Waals surface area contributed by atoms with Crippen LogP contribution in [0.4, 0.5) is 0 Å². The first-order chi connectivity index (χ1) is 11.4. The zero-order chi connectivity index (χ0) is 15.5. The van der Waals surface area contributed by atoms with Crippen LogP contribution >= 0.6 is 0 Å². The summed E-state index contributed by atoms with van der Waals surface area (Å²) in [6.07, 6.45) is 5.94. The summed E-state index contributed by atoms with van der Waals surface area (Å²) in [6.45, 7) is 0. The van der Waals surface area contributed by atoms with Gasteiger partial charge in [-0.1, -0.05) is 103 Å². The van der Waals surface area contributed by atoms with Crippen molar-refractivity contribution < 1.29 is 0 Å². The molecule has 0 aliphatic heterocycles. The molecular weight excluding hydrogens is 292 g/mol. The average Bonchev–Trinajstić information content (AvgIpc) is 2.60. The van der Waals surface area contributed by atoms with Crippen molar-refractivity contribution in [2.24, 2.45) is 0 Å². The van der Waals surface area contributed by atoms with Gasteiger partial charge in [0.1, 0.15) is 0 Å². The molecule has 1 aliphatic rings. The molecule has 0 saturated heterocycles. The lowest BCUT2D eigenvalue weighted by Crippen LogP contribution is -2.70. The summed E-state index contributed by atoms with van der Waals surface area (Å²) >= 11 is 0. The van der Waals surface area contributed by atoms with Crippen LogP contribution in [0.3, 0.4) is 0 Å². The number of allylic oxidation sites excluding steroid dienone is 2. The maximum atomic E-state index is 2.43. The highest BCUT2D eigenvalue weighted by molar-refractivity contribution is 7.12. The first-order valence-corrected chi connectivity index (χ1v) is 10.3. The zero-order valence-corrected chi connectivity index (χ0v) is 14.1. The van der Waals surface area contributed by atoms with Gasteiger partial charge in [-0.3, -0.25) is 0 Å². The van der Waals surface area contributed by atoms with Gasteiger partial charge in [0.2, 0.25) is 0 Å². The number of hydrogen-bond acceptors (Lipinski definition) is 0. The fourth-order valence-electron chi connectivity index (χ4n) is 3.84. The minimum atomic E-state index is -2.03. The molecule has 1 unspecified atom stereocenters. The van der Waals surface area contributed by atoms with E-state index in [1.807, 2.05) is 0 Å². The zero-order valence-electron chi connectivity index (χ0n) is 13.1. The predicted molar refractivity (Wildman–Crippen MR) is 101 cm³/mol. The number of benzene rings is 3. The van der Waals surface area contributed by atoms with Crippen molar-refractivity contribution in [3.63, 3.8) is 0 Å². The van der Waals surface area contributed by atoms with E-state index in [1.54, 1.807) is 0 Å². The van der Waals surface area contributed by atoms with Gasteiger partial charge in [0, 0.05) is 0 Å². The second-order valence-corrected chi connectivity index (χ2v) is 10.3. The van der Waals surface area contributed by atoms with Crippen LogP contribution in [0.25, 0.3) is 0 Å². The van der Waals surface area contributed by atoms with Crippen molar-refractivity contribution in [3.8, 4) is 0 Å². The first kappa shape index (κ1) is 14.2. The molecule has 0 fully saturated rings. The van der Waals surface area contributed by atoms with Crippen LogP contribution in [0.2, 0.25) is 5.54 Å². The Kier molecular flexibility index (Phi) is 3.72. The van der Waals surface area contributed by atoms with Crippen LogP contribution in [-0.2, 0) is 0 Å². The van der Waals surface area contributed by atoms with Gasteiger partial charge in [-0.15, -0.1) is 0 Å². The van der Waals surface area contributed by atoms with E-state index in [2.05, 4.69) is 103 Å². The monoisotopic (exact) mass is 312 g/mol. The van der Waals surface area contributed by atoms with Gasteiger partial charge in [0.05, 0.1) is 0 Å². The molecule has 0 aromatic heterocycles. The van der Waals surface area contributed by atoms with Crippen LogP contribution in [0.15, 0.2) is 103 Å². The van der Waals surface area contributed by atoms with E-state index in [0.717, 1.165) is 0 Å². The standard InChI is InChI=1S/C22H20Si/c1-4-11-19(12-5-1)23(22-17-10-18-22,20-13-6-2-7-14-20)21-15-8-3-9-16-21/h1-17,22H,18H2. The molecule has 0 amide bonds. The Hall–Kier alpha value is -2.38. The van der Waals surface area contributed by atoms with Gasteiger partial charge in [0.25, 0.3) is 0 Å². The lowest BCUT2D eigenvalue weighted by molar-refractivity contribution is 0.928. The quantitative estimate of drug-likeness (QED) is 0.393. The van der Waals surface area contributed by atoms with E-state index >= 15 is 0 Å². The fourth-order valence-corrected chi connectivity index (χ4v) is 9.19. The second-order valence-electron chi connectivity index (χ2n) is 6.18. The van der Waals surface area contributed by atoms with E-state index in [-0.39, 0.29) is 0 Å². The summed E-state index contributed by atoms with van der Waals surface area (Å²) in [6, 6.07) is 33.5. The lowest BCUT2D eigenvalue weighted by atomic mass is 10.1. The van der Waals surface area contributed by atoms with Crippen molar-refractivity contribution in [2.75, 3.05) is 0 Å². The molecule has 1 atom stereocenters. The number of rotatable bonds is 4. The summed E-state index contributed by atoms with van der Waals surface area (Å²) in [4.78, 5) is 0. The van der Waals surface area contributed by atoms with Gasteiger partial charge in [0.15, 0.2) is 8.07 Å². The van der Waals surface area contributed by atoms with E-state index < -0.39 is 8.07 Å². The molecular formula is C22H20Si. The van der Waals surface area contributed by atoms with Crippen LogP contribution in [0, 0.1) is 0 Å². The Morgan fingerprint density at radius 1 is 0.565 bits per heavy atom. The predicted octanol–water partition coefficient (Wildman–Crippen LogP) is 3.49. The fraction of sp³-hybridized carbons (Fsp3) is 0.0909. The molecule has 1 aliphatic carbocycles. The van der Waals surface area contributed by atoms with Crippen molar-refractivity contribution >= 4 is 23.6 Å². The Bertz CT molecular complexity index is 694. The van der Waals surface area contributed by atoms with Crippen LogP contribution < -0.4 is 15.6 Å². The van der Waals surface area contributed by atoms with Gasteiger partial charge < -0.3 is 0 Å². The summed E-state index contributed by atoms with van der Waals surface area (Å²) in [5, 5.41) is 4.52. The van der Waals surface area contributed by atoms with Crippen molar-refractivity contribution in [1.29, 1.82) is 0 Å². The smallest absolute Gasteiger partial charge is 0.0882 e. The highest BCUT2D eigenvalue weighted by Crippen LogP contribution is 2.34. The van der Waals surface area contributed by atoms with Gasteiger partial charge >= 0.3 is 0 Å². The van der Waals surface area contributed by atoms with E-state index in [4.69, 9.17) is 0 Å². The molecule has 0 radical (unpaired) electrons. The Labute approximate surface area is 139 Å². The first-order valence-electron chi connectivity index (χ1n) is 8.25. The Morgan fingerprint density at radius 3 is 1.17 bits per heavy atom. The highest BCUT2D eigenvalue weighted by atomic mass is 28.3. The topological polar surface area (TPSA) is 0 Å². The van der Waals surface area contributed by atoms with Crippen molar-refractivity contribution in [1.82, 2.24) is 0 Å². The Balaban J connectivity index is 2.04. The minimum Gasteiger partial charge on any atom is -0.0882 e. The molecule has 1 heteroatoms. The summed E-state index contributed by atoms with van der Waals surface area (Å²) in [7, 11) is -2.03. The third kappa shape index (κ3) is 2.29. The largest absolute Gasteiger partial charge is 0.155 e. The molecule has 0 nitrogen and oxygen atoms in total.